The van der Waals surface area contributed by atoms with Crippen molar-refractivity contribution in [1.82, 2.24) is 5.32 Å². The van der Waals surface area contributed by atoms with Gasteiger partial charge in [0.2, 0.25) is 0 Å². The van der Waals surface area contributed by atoms with Gasteiger partial charge in [0.05, 0.1) is 12.5 Å². The molecule has 3 nitrogen and oxygen atoms in total. The summed E-state index contributed by atoms with van der Waals surface area (Å²) in [6.07, 6.45) is 0.578. The maximum atomic E-state index is 8.88. The molecule has 0 amide bonds. The van der Waals surface area contributed by atoms with E-state index >= 15 is 0 Å². The Morgan fingerprint density at radius 1 is 1.39 bits per heavy atom. The van der Waals surface area contributed by atoms with Gasteiger partial charge in [0.15, 0.2) is 0 Å². The lowest BCUT2D eigenvalue weighted by atomic mass is 10.1. The molecular formula is C15H21N3. The standard InChI is InChI=1S/C15H21N3/c1-12-9-17-14(7-8-16)11-18(10-12)15-6-4-3-5-13(15)2/h3-6,12,14,17H,7,9-11H2,1-2H3. The van der Waals surface area contributed by atoms with Crippen molar-refractivity contribution in [2.24, 2.45) is 5.92 Å². The second-order valence-corrected chi connectivity index (χ2v) is 5.26. The highest BCUT2D eigenvalue weighted by Crippen LogP contribution is 2.22. The second kappa shape index (κ2) is 5.88. The molecule has 0 aliphatic carbocycles. The Balaban J connectivity index is 2.19. The predicted molar refractivity (Wildman–Crippen MR) is 74.6 cm³/mol. The number of anilines is 1. The third-order valence-electron chi connectivity index (χ3n) is 3.52. The molecule has 1 aliphatic heterocycles. The molecule has 3 heteroatoms. The zero-order valence-electron chi connectivity index (χ0n) is 11.2. The van der Waals surface area contributed by atoms with E-state index in [4.69, 9.17) is 5.26 Å². The largest absolute Gasteiger partial charge is 0.369 e. The van der Waals surface area contributed by atoms with Crippen LogP contribution in [0.2, 0.25) is 0 Å². The van der Waals surface area contributed by atoms with Gasteiger partial charge in [-0.2, -0.15) is 5.26 Å². The summed E-state index contributed by atoms with van der Waals surface area (Å²) >= 11 is 0. The van der Waals surface area contributed by atoms with Crippen molar-refractivity contribution in [3.63, 3.8) is 0 Å². The van der Waals surface area contributed by atoms with Crippen molar-refractivity contribution >= 4 is 5.69 Å². The van der Waals surface area contributed by atoms with Gasteiger partial charge in [0, 0.05) is 24.8 Å². The first-order valence-electron chi connectivity index (χ1n) is 6.61. The number of hydrogen-bond donors (Lipinski definition) is 1. The van der Waals surface area contributed by atoms with Gasteiger partial charge in [-0.25, -0.2) is 0 Å². The SMILES string of the molecule is Cc1ccccc1N1CC(C)CNC(CC#N)C1. The molecule has 1 N–H and O–H groups in total. The highest BCUT2D eigenvalue weighted by atomic mass is 15.2. The molecule has 1 saturated heterocycles. The molecule has 2 rings (SSSR count). The smallest absolute Gasteiger partial charge is 0.0638 e. The van der Waals surface area contributed by atoms with Gasteiger partial charge in [-0.05, 0) is 31.0 Å². The third-order valence-corrected chi connectivity index (χ3v) is 3.52. The van der Waals surface area contributed by atoms with Crippen molar-refractivity contribution < 1.29 is 0 Å². The minimum absolute atomic E-state index is 0.277. The van der Waals surface area contributed by atoms with Crippen molar-refractivity contribution in [2.75, 3.05) is 24.5 Å². The summed E-state index contributed by atoms with van der Waals surface area (Å²) in [6, 6.07) is 11.0. The molecule has 18 heavy (non-hydrogen) atoms. The first kappa shape index (κ1) is 12.9. The molecule has 0 spiro atoms. The van der Waals surface area contributed by atoms with Gasteiger partial charge in [0.1, 0.15) is 0 Å². The Kier molecular flexibility index (Phi) is 4.22. The predicted octanol–water partition coefficient (Wildman–Crippen LogP) is 2.32. The van der Waals surface area contributed by atoms with Gasteiger partial charge in [-0.3, -0.25) is 0 Å². The fourth-order valence-electron chi connectivity index (χ4n) is 2.58. The maximum absolute atomic E-state index is 8.88. The fourth-order valence-corrected chi connectivity index (χ4v) is 2.58. The van der Waals surface area contributed by atoms with Crippen LogP contribution in [-0.2, 0) is 0 Å². The Morgan fingerprint density at radius 2 is 2.17 bits per heavy atom. The van der Waals surface area contributed by atoms with Crippen LogP contribution in [-0.4, -0.2) is 25.7 Å². The Bertz CT molecular complexity index is 436. The Labute approximate surface area is 109 Å². The third kappa shape index (κ3) is 3.02. The first-order chi connectivity index (χ1) is 8.70. The average Bonchev–Trinajstić information content (AvgIpc) is 2.53. The molecule has 0 bridgehead atoms. The van der Waals surface area contributed by atoms with Crippen LogP contribution in [0.15, 0.2) is 24.3 Å². The van der Waals surface area contributed by atoms with Crippen LogP contribution in [0.4, 0.5) is 5.69 Å². The van der Waals surface area contributed by atoms with Crippen LogP contribution in [0.5, 0.6) is 0 Å². The van der Waals surface area contributed by atoms with E-state index in [0.717, 1.165) is 19.6 Å². The molecular weight excluding hydrogens is 222 g/mol. The molecule has 1 heterocycles. The minimum atomic E-state index is 0.277. The van der Waals surface area contributed by atoms with Crippen LogP contribution in [0.1, 0.15) is 18.9 Å². The monoisotopic (exact) mass is 243 g/mol. The highest BCUT2D eigenvalue weighted by molar-refractivity contribution is 5.53. The molecule has 2 atom stereocenters. The summed E-state index contributed by atoms with van der Waals surface area (Å²) < 4.78 is 0. The number of rotatable bonds is 2. The topological polar surface area (TPSA) is 39.1 Å². The summed E-state index contributed by atoms with van der Waals surface area (Å²) in [5.41, 5.74) is 2.61. The van der Waals surface area contributed by atoms with E-state index in [1.807, 2.05) is 0 Å². The number of aryl methyl sites for hydroxylation is 1. The maximum Gasteiger partial charge on any atom is 0.0638 e. The van der Waals surface area contributed by atoms with Crippen molar-refractivity contribution in [2.45, 2.75) is 26.3 Å². The van der Waals surface area contributed by atoms with Crippen LogP contribution in [0.25, 0.3) is 0 Å². The van der Waals surface area contributed by atoms with E-state index in [9.17, 15) is 0 Å². The number of hydrogen-bond acceptors (Lipinski definition) is 3. The minimum Gasteiger partial charge on any atom is -0.369 e. The van der Waals surface area contributed by atoms with E-state index in [-0.39, 0.29) is 6.04 Å². The first-order valence-corrected chi connectivity index (χ1v) is 6.61. The second-order valence-electron chi connectivity index (χ2n) is 5.26. The van der Waals surface area contributed by atoms with Crippen LogP contribution in [0, 0.1) is 24.2 Å². The molecule has 1 fully saturated rings. The lowest BCUT2D eigenvalue weighted by molar-refractivity contribution is 0.509. The lowest BCUT2D eigenvalue weighted by Gasteiger charge is -2.28. The summed E-state index contributed by atoms with van der Waals surface area (Å²) in [5, 5.41) is 12.4. The Morgan fingerprint density at radius 3 is 2.89 bits per heavy atom. The number of nitrogens with one attached hydrogen (secondary N) is 1. The number of benzene rings is 1. The Hall–Kier alpha value is -1.53. The number of para-hydroxylation sites is 1. The lowest BCUT2D eigenvalue weighted by Crippen LogP contribution is -2.37. The molecule has 0 saturated carbocycles. The molecule has 1 aromatic rings. The van der Waals surface area contributed by atoms with E-state index in [2.05, 4.69) is 54.4 Å². The van der Waals surface area contributed by atoms with Gasteiger partial charge >= 0.3 is 0 Å². The fraction of sp³-hybridized carbons (Fsp3) is 0.533. The van der Waals surface area contributed by atoms with Gasteiger partial charge < -0.3 is 10.2 Å². The van der Waals surface area contributed by atoms with E-state index in [0.29, 0.717) is 12.3 Å². The zero-order chi connectivity index (χ0) is 13.0. The molecule has 2 unspecified atom stereocenters. The van der Waals surface area contributed by atoms with E-state index in [1.165, 1.54) is 11.3 Å². The molecule has 0 aromatic heterocycles. The number of nitriles is 1. The van der Waals surface area contributed by atoms with Crippen LogP contribution < -0.4 is 10.2 Å². The zero-order valence-corrected chi connectivity index (χ0v) is 11.2. The average molecular weight is 243 g/mol. The van der Waals surface area contributed by atoms with Gasteiger partial charge in [0.25, 0.3) is 0 Å². The van der Waals surface area contributed by atoms with Crippen molar-refractivity contribution in [3.8, 4) is 6.07 Å². The summed E-state index contributed by atoms with van der Waals surface area (Å²) in [4.78, 5) is 2.42. The molecule has 96 valence electrons. The quantitative estimate of drug-likeness (QED) is 0.866. The van der Waals surface area contributed by atoms with Crippen molar-refractivity contribution in [1.29, 1.82) is 5.26 Å². The summed E-state index contributed by atoms with van der Waals surface area (Å²) in [7, 11) is 0. The summed E-state index contributed by atoms with van der Waals surface area (Å²) in [6.45, 7) is 7.38. The van der Waals surface area contributed by atoms with Crippen LogP contribution >= 0.6 is 0 Å². The summed E-state index contributed by atoms with van der Waals surface area (Å²) in [5.74, 6) is 0.605. The molecule has 1 aromatic carbocycles. The number of nitrogens with zero attached hydrogens (tertiary/aromatic N) is 2. The normalized spacial score (nSPS) is 24.4. The molecule has 1 aliphatic rings. The highest BCUT2D eigenvalue weighted by Gasteiger charge is 2.22. The van der Waals surface area contributed by atoms with Crippen molar-refractivity contribution in [3.05, 3.63) is 29.8 Å². The molecule has 0 radical (unpaired) electrons. The van der Waals surface area contributed by atoms with Gasteiger partial charge in [-0.15, -0.1) is 0 Å². The van der Waals surface area contributed by atoms with E-state index in [1.54, 1.807) is 0 Å². The van der Waals surface area contributed by atoms with E-state index < -0.39 is 0 Å². The van der Waals surface area contributed by atoms with Gasteiger partial charge in [-0.1, -0.05) is 25.1 Å². The van der Waals surface area contributed by atoms with Crippen LogP contribution in [0.3, 0.4) is 0 Å².